The van der Waals surface area contributed by atoms with E-state index in [1.807, 2.05) is 20.0 Å². The Bertz CT molecular complexity index is 163. The lowest BCUT2D eigenvalue weighted by molar-refractivity contribution is -0.131. The van der Waals surface area contributed by atoms with E-state index in [1.54, 1.807) is 4.90 Å². The van der Waals surface area contributed by atoms with Gasteiger partial charge in [-0.15, -0.1) is 0 Å². The third-order valence-electron chi connectivity index (χ3n) is 1.82. The molecular formula is C8H13NO. The van der Waals surface area contributed by atoms with E-state index >= 15 is 0 Å². The van der Waals surface area contributed by atoms with Gasteiger partial charge >= 0.3 is 0 Å². The minimum atomic E-state index is 0.0764. The summed E-state index contributed by atoms with van der Waals surface area (Å²) >= 11 is 0. The Morgan fingerprint density at radius 3 is 3.10 bits per heavy atom. The van der Waals surface area contributed by atoms with Gasteiger partial charge in [0.2, 0.25) is 5.91 Å². The molecule has 1 atom stereocenters. The number of carbonyl (C=O) groups excluding carboxylic acids is 1. The Morgan fingerprint density at radius 2 is 2.40 bits per heavy atom. The molecule has 0 bridgehead atoms. The largest absolute Gasteiger partial charge is 0.345 e. The summed E-state index contributed by atoms with van der Waals surface area (Å²) < 4.78 is 0. The van der Waals surface area contributed by atoms with Gasteiger partial charge in [-0.1, -0.05) is 19.1 Å². The predicted octanol–water partition coefficient (Wildman–Crippen LogP) is 1.04. The third-order valence-corrected chi connectivity index (χ3v) is 1.82. The zero-order valence-electron chi connectivity index (χ0n) is 6.50. The van der Waals surface area contributed by atoms with Crippen molar-refractivity contribution in [1.29, 1.82) is 0 Å². The summed E-state index contributed by atoms with van der Waals surface area (Å²) in [5, 5.41) is 0. The number of nitrogens with zero attached hydrogens (tertiary/aromatic N) is 1. The van der Waals surface area contributed by atoms with E-state index in [0.29, 0.717) is 0 Å². The van der Waals surface area contributed by atoms with Gasteiger partial charge in [0, 0.05) is 13.6 Å². The molecule has 0 N–H and O–H groups in total. The van der Waals surface area contributed by atoms with Crippen molar-refractivity contribution in [3.05, 3.63) is 12.2 Å². The van der Waals surface area contributed by atoms with Crippen LogP contribution in [0.15, 0.2) is 12.2 Å². The van der Waals surface area contributed by atoms with Crippen LogP contribution in [0.25, 0.3) is 0 Å². The lowest BCUT2D eigenvalue weighted by atomic mass is 10.1. The van der Waals surface area contributed by atoms with Gasteiger partial charge in [0.05, 0.1) is 5.92 Å². The SMILES string of the molecule is CC1C=CCCN(C)C1=O. The van der Waals surface area contributed by atoms with Crippen molar-refractivity contribution in [2.75, 3.05) is 13.6 Å². The topological polar surface area (TPSA) is 20.3 Å². The Balaban J connectivity index is 2.67. The lowest BCUT2D eigenvalue weighted by Crippen LogP contribution is -2.29. The van der Waals surface area contributed by atoms with Crippen LogP contribution in [0.5, 0.6) is 0 Å². The van der Waals surface area contributed by atoms with Crippen LogP contribution in [0.2, 0.25) is 0 Å². The van der Waals surface area contributed by atoms with Crippen LogP contribution >= 0.6 is 0 Å². The molecule has 0 aromatic rings. The van der Waals surface area contributed by atoms with Crippen molar-refractivity contribution in [2.45, 2.75) is 13.3 Å². The number of rotatable bonds is 0. The van der Waals surface area contributed by atoms with Crippen molar-refractivity contribution < 1.29 is 4.79 Å². The quantitative estimate of drug-likeness (QED) is 0.459. The van der Waals surface area contributed by atoms with E-state index in [9.17, 15) is 4.79 Å². The number of hydrogen-bond donors (Lipinski definition) is 0. The first-order valence-corrected chi connectivity index (χ1v) is 3.63. The van der Waals surface area contributed by atoms with Gasteiger partial charge < -0.3 is 4.90 Å². The van der Waals surface area contributed by atoms with E-state index in [0.717, 1.165) is 13.0 Å². The highest BCUT2D eigenvalue weighted by Crippen LogP contribution is 2.07. The molecule has 1 aliphatic heterocycles. The molecule has 1 amide bonds. The molecule has 0 aliphatic carbocycles. The van der Waals surface area contributed by atoms with Gasteiger partial charge in [0.15, 0.2) is 0 Å². The molecular weight excluding hydrogens is 126 g/mol. The van der Waals surface area contributed by atoms with Gasteiger partial charge in [-0.25, -0.2) is 0 Å². The van der Waals surface area contributed by atoms with Crippen LogP contribution in [0, 0.1) is 5.92 Å². The van der Waals surface area contributed by atoms with Gasteiger partial charge in [0.25, 0.3) is 0 Å². The molecule has 0 aromatic heterocycles. The minimum Gasteiger partial charge on any atom is -0.345 e. The van der Waals surface area contributed by atoms with Crippen LogP contribution in [0.4, 0.5) is 0 Å². The molecule has 56 valence electrons. The van der Waals surface area contributed by atoms with Gasteiger partial charge in [-0.2, -0.15) is 0 Å². The summed E-state index contributed by atoms with van der Waals surface area (Å²) in [5.41, 5.74) is 0. The molecule has 1 rings (SSSR count). The molecule has 0 radical (unpaired) electrons. The predicted molar refractivity (Wildman–Crippen MR) is 40.6 cm³/mol. The second-order valence-electron chi connectivity index (χ2n) is 2.77. The van der Waals surface area contributed by atoms with E-state index in [1.165, 1.54) is 0 Å². The van der Waals surface area contributed by atoms with Crippen LogP contribution in [0.3, 0.4) is 0 Å². The molecule has 2 heteroatoms. The standard InChI is InChI=1S/C8H13NO/c1-7-5-3-4-6-9(2)8(7)10/h3,5,7H,4,6H2,1-2H3. The smallest absolute Gasteiger partial charge is 0.228 e. The highest BCUT2D eigenvalue weighted by molar-refractivity contribution is 5.80. The molecule has 0 saturated heterocycles. The summed E-state index contributed by atoms with van der Waals surface area (Å²) in [6.45, 7) is 2.79. The van der Waals surface area contributed by atoms with Crippen molar-refractivity contribution in [1.82, 2.24) is 4.90 Å². The maximum absolute atomic E-state index is 11.2. The monoisotopic (exact) mass is 139 g/mol. The average Bonchev–Trinajstić information content (AvgIpc) is 2.04. The fourth-order valence-electron chi connectivity index (χ4n) is 1.11. The van der Waals surface area contributed by atoms with Crippen molar-refractivity contribution in [3.63, 3.8) is 0 Å². The van der Waals surface area contributed by atoms with Crippen molar-refractivity contribution in [3.8, 4) is 0 Å². The summed E-state index contributed by atoms with van der Waals surface area (Å²) in [6.07, 6.45) is 5.05. The second kappa shape index (κ2) is 2.86. The molecule has 2 nitrogen and oxygen atoms in total. The fraction of sp³-hybridized carbons (Fsp3) is 0.625. The third kappa shape index (κ3) is 1.38. The molecule has 1 unspecified atom stereocenters. The Hall–Kier alpha value is -0.790. The van der Waals surface area contributed by atoms with E-state index in [4.69, 9.17) is 0 Å². The van der Waals surface area contributed by atoms with Crippen molar-refractivity contribution in [2.24, 2.45) is 5.92 Å². The molecule has 0 aromatic carbocycles. The summed E-state index contributed by atoms with van der Waals surface area (Å²) in [7, 11) is 1.85. The molecule has 1 aliphatic rings. The number of hydrogen-bond acceptors (Lipinski definition) is 1. The van der Waals surface area contributed by atoms with Crippen LogP contribution in [-0.2, 0) is 4.79 Å². The molecule has 1 heterocycles. The zero-order chi connectivity index (χ0) is 7.56. The normalized spacial score (nSPS) is 26.8. The molecule has 0 saturated carbocycles. The average molecular weight is 139 g/mol. The van der Waals surface area contributed by atoms with Gasteiger partial charge in [-0.05, 0) is 6.42 Å². The molecule has 0 fully saturated rings. The molecule has 0 spiro atoms. The van der Waals surface area contributed by atoms with E-state index in [2.05, 4.69) is 6.08 Å². The molecule has 10 heavy (non-hydrogen) atoms. The maximum atomic E-state index is 11.2. The minimum absolute atomic E-state index is 0.0764. The Kier molecular flexibility index (Phi) is 2.10. The van der Waals surface area contributed by atoms with Gasteiger partial charge in [0.1, 0.15) is 0 Å². The Morgan fingerprint density at radius 1 is 1.70 bits per heavy atom. The van der Waals surface area contributed by atoms with E-state index < -0.39 is 0 Å². The van der Waals surface area contributed by atoms with Crippen LogP contribution in [0.1, 0.15) is 13.3 Å². The first-order valence-electron chi connectivity index (χ1n) is 3.63. The fourth-order valence-corrected chi connectivity index (χ4v) is 1.11. The van der Waals surface area contributed by atoms with Gasteiger partial charge in [-0.3, -0.25) is 4.79 Å². The first kappa shape index (κ1) is 7.32. The number of carbonyl (C=O) groups is 1. The number of amides is 1. The van der Waals surface area contributed by atoms with Crippen molar-refractivity contribution >= 4 is 5.91 Å². The van der Waals surface area contributed by atoms with Crippen LogP contribution < -0.4 is 0 Å². The Labute approximate surface area is 61.5 Å². The first-order chi connectivity index (χ1) is 4.72. The summed E-state index contributed by atoms with van der Waals surface area (Å²) in [4.78, 5) is 13.0. The maximum Gasteiger partial charge on any atom is 0.228 e. The zero-order valence-corrected chi connectivity index (χ0v) is 6.50. The summed E-state index contributed by atoms with van der Waals surface area (Å²) in [5.74, 6) is 0.307. The lowest BCUT2D eigenvalue weighted by Gasteiger charge is -2.15. The highest BCUT2D eigenvalue weighted by Gasteiger charge is 2.15. The second-order valence-corrected chi connectivity index (χ2v) is 2.77. The van der Waals surface area contributed by atoms with Crippen LogP contribution in [-0.4, -0.2) is 24.4 Å². The highest BCUT2D eigenvalue weighted by atomic mass is 16.2. The van der Waals surface area contributed by atoms with E-state index in [-0.39, 0.29) is 11.8 Å². The summed E-state index contributed by atoms with van der Waals surface area (Å²) in [6, 6.07) is 0.